The quantitative estimate of drug-likeness (QED) is 0.566. The minimum atomic E-state index is -0.280. The van der Waals surface area contributed by atoms with E-state index in [1.165, 1.54) is 0 Å². The lowest BCUT2D eigenvalue weighted by molar-refractivity contribution is 0.103. The van der Waals surface area contributed by atoms with Crippen LogP contribution in [0.5, 0.6) is 0 Å². The van der Waals surface area contributed by atoms with Crippen molar-refractivity contribution >= 4 is 6.09 Å². The first kappa shape index (κ1) is 8.33. The van der Waals surface area contributed by atoms with E-state index in [4.69, 9.17) is 5.73 Å². The number of ether oxygens (including phenoxy) is 1. The Labute approximate surface area is 66.3 Å². The number of hydrogen-bond donors (Lipinski definition) is 1. The molecule has 2 N–H and O–H groups in total. The Morgan fingerprint density at radius 3 is 3.00 bits per heavy atom. The summed E-state index contributed by atoms with van der Waals surface area (Å²) < 4.78 is 4.66. The van der Waals surface area contributed by atoms with Gasteiger partial charge in [-0.25, -0.2) is 4.79 Å². The maximum Gasteiger partial charge on any atom is 0.411 e. The lowest BCUT2D eigenvalue weighted by atomic mass is 10.2. The van der Waals surface area contributed by atoms with Crippen LogP contribution in [0.4, 0.5) is 4.79 Å². The maximum atomic E-state index is 11.1. The molecule has 0 bridgehead atoms. The zero-order valence-electron chi connectivity index (χ0n) is 6.75. The van der Waals surface area contributed by atoms with E-state index in [1.807, 2.05) is 6.92 Å². The highest BCUT2D eigenvalue weighted by Crippen LogP contribution is 2.16. The minimum absolute atomic E-state index is 0.0257. The number of amides is 1. The first-order chi connectivity index (χ1) is 5.25. The van der Waals surface area contributed by atoms with Gasteiger partial charge in [-0.15, -0.1) is 0 Å². The zero-order valence-corrected chi connectivity index (χ0v) is 6.75. The van der Waals surface area contributed by atoms with Crippen molar-refractivity contribution in [2.24, 2.45) is 5.73 Å². The van der Waals surface area contributed by atoms with Crippen LogP contribution in [0, 0.1) is 0 Å². The van der Waals surface area contributed by atoms with Gasteiger partial charge in [0, 0.05) is 12.6 Å². The van der Waals surface area contributed by atoms with E-state index in [1.54, 1.807) is 4.90 Å². The van der Waals surface area contributed by atoms with Crippen LogP contribution in [0.2, 0.25) is 0 Å². The van der Waals surface area contributed by atoms with E-state index in [0.717, 1.165) is 19.4 Å². The van der Waals surface area contributed by atoms with Gasteiger partial charge in [0.1, 0.15) is 6.73 Å². The van der Waals surface area contributed by atoms with Crippen molar-refractivity contribution in [2.45, 2.75) is 25.8 Å². The predicted octanol–water partition coefficient (Wildman–Crippen LogP) is 0.524. The third-order valence-corrected chi connectivity index (χ3v) is 1.99. The normalized spacial score (nSPS) is 23.8. The van der Waals surface area contributed by atoms with Crippen molar-refractivity contribution < 1.29 is 9.53 Å². The van der Waals surface area contributed by atoms with Crippen molar-refractivity contribution in [1.82, 2.24) is 4.90 Å². The van der Waals surface area contributed by atoms with E-state index in [2.05, 4.69) is 4.74 Å². The highest BCUT2D eigenvalue weighted by Gasteiger charge is 2.25. The van der Waals surface area contributed by atoms with E-state index in [0.29, 0.717) is 6.04 Å². The molecule has 4 nitrogen and oxygen atoms in total. The molecule has 1 saturated heterocycles. The summed E-state index contributed by atoms with van der Waals surface area (Å²) in [6, 6.07) is 0.314. The van der Waals surface area contributed by atoms with Crippen molar-refractivity contribution in [3.63, 3.8) is 0 Å². The van der Waals surface area contributed by atoms with E-state index >= 15 is 0 Å². The van der Waals surface area contributed by atoms with Gasteiger partial charge in [0.05, 0.1) is 0 Å². The van der Waals surface area contributed by atoms with Crippen LogP contribution in [0.3, 0.4) is 0 Å². The number of nitrogens with two attached hydrogens (primary N) is 1. The Kier molecular flexibility index (Phi) is 2.70. The van der Waals surface area contributed by atoms with Crippen molar-refractivity contribution in [3.05, 3.63) is 0 Å². The molecule has 0 aromatic carbocycles. The Morgan fingerprint density at radius 2 is 2.55 bits per heavy atom. The molecule has 11 heavy (non-hydrogen) atoms. The van der Waals surface area contributed by atoms with Gasteiger partial charge >= 0.3 is 6.09 Å². The minimum Gasteiger partial charge on any atom is -0.434 e. The molecule has 1 heterocycles. The fraction of sp³-hybridized carbons (Fsp3) is 0.857. The second-order valence-electron chi connectivity index (χ2n) is 2.76. The van der Waals surface area contributed by atoms with Gasteiger partial charge in [0.25, 0.3) is 0 Å². The lowest BCUT2D eigenvalue weighted by Gasteiger charge is -2.19. The molecule has 64 valence electrons. The van der Waals surface area contributed by atoms with Crippen LogP contribution in [-0.2, 0) is 4.74 Å². The summed E-state index contributed by atoms with van der Waals surface area (Å²) in [6.07, 6.45) is 1.86. The van der Waals surface area contributed by atoms with Crippen molar-refractivity contribution in [1.29, 1.82) is 0 Å². The predicted molar refractivity (Wildman–Crippen MR) is 40.9 cm³/mol. The number of likely N-dealkylation sites (tertiary alicyclic amines) is 1. The van der Waals surface area contributed by atoms with Gasteiger partial charge < -0.3 is 9.64 Å². The molecule has 1 atom stereocenters. The third kappa shape index (κ3) is 1.83. The summed E-state index contributed by atoms with van der Waals surface area (Å²) >= 11 is 0. The Morgan fingerprint density at radius 1 is 1.82 bits per heavy atom. The number of rotatable bonds is 1. The third-order valence-electron chi connectivity index (χ3n) is 1.99. The summed E-state index contributed by atoms with van der Waals surface area (Å²) in [5.74, 6) is 0. The van der Waals surface area contributed by atoms with E-state index < -0.39 is 0 Å². The SMILES string of the molecule is CC1CCCN1C(=O)OCN. The van der Waals surface area contributed by atoms with Gasteiger partial charge in [0.15, 0.2) is 0 Å². The van der Waals surface area contributed by atoms with Gasteiger partial charge in [0.2, 0.25) is 0 Å². The molecule has 0 aromatic heterocycles. The monoisotopic (exact) mass is 158 g/mol. The Hall–Kier alpha value is -0.770. The van der Waals surface area contributed by atoms with Crippen LogP contribution >= 0.6 is 0 Å². The second kappa shape index (κ2) is 3.57. The Balaban J connectivity index is 2.39. The lowest BCUT2D eigenvalue weighted by Crippen LogP contribution is -2.35. The second-order valence-corrected chi connectivity index (χ2v) is 2.76. The molecule has 0 spiro atoms. The van der Waals surface area contributed by atoms with Gasteiger partial charge in [-0.3, -0.25) is 5.73 Å². The number of carbonyl (C=O) groups excluding carboxylic acids is 1. The summed E-state index contributed by atoms with van der Waals surface area (Å²) in [4.78, 5) is 12.8. The largest absolute Gasteiger partial charge is 0.434 e. The average Bonchev–Trinajstić information content (AvgIpc) is 2.36. The van der Waals surface area contributed by atoms with Crippen LogP contribution in [0.1, 0.15) is 19.8 Å². The van der Waals surface area contributed by atoms with Crippen molar-refractivity contribution in [2.75, 3.05) is 13.3 Å². The molecule has 0 aromatic rings. The fourth-order valence-electron chi connectivity index (χ4n) is 1.36. The van der Waals surface area contributed by atoms with Crippen LogP contribution < -0.4 is 5.73 Å². The Bertz CT molecular complexity index is 149. The number of nitrogens with zero attached hydrogens (tertiary/aromatic N) is 1. The molecule has 1 fully saturated rings. The standard InChI is InChI=1S/C7H14N2O2/c1-6-3-2-4-9(6)7(10)11-5-8/h6H,2-5,8H2,1H3. The van der Waals surface area contributed by atoms with E-state index in [9.17, 15) is 4.79 Å². The summed E-state index contributed by atoms with van der Waals surface area (Å²) in [5.41, 5.74) is 5.07. The summed E-state index contributed by atoms with van der Waals surface area (Å²) in [6.45, 7) is 2.80. The van der Waals surface area contributed by atoms with Crippen molar-refractivity contribution in [3.8, 4) is 0 Å². The number of hydrogen-bond acceptors (Lipinski definition) is 3. The highest BCUT2D eigenvalue weighted by atomic mass is 16.6. The molecular weight excluding hydrogens is 144 g/mol. The van der Waals surface area contributed by atoms with Gasteiger partial charge in [-0.2, -0.15) is 0 Å². The zero-order chi connectivity index (χ0) is 8.27. The van der Waals surface area contributed by atoms with Crippen LogP contribution in [0.15, 0.2) is 0 Å². The fourth-order valence-corrected chi connectivity index (χ4v) is 1.36. The summed E-state index contributed by atoms with van der Waals surface area (Å²) in [7, 11) is 0. The molecule has 1 aliphatic heterocycles. The molecule has 0 radical (unpaired) electrons. The number of carbonyl (C=O) groups is 1. The highest BCUT2D eigenvalue weighted by molar-refractivity contribution is 5.68. The smallest absolute Gasteiger partial charge is 0.411 e. The molecule has 1 unspecified atom stereocenters. The van der Waals surface area contributed by atoms with Gasteiger partial charge in [-0.05, 0) is 19.8 Å². The average molecular weight is 158 g/mol. The first-order valence-electron chi connectivity index (χ1n) is 3.89. The molecule has 1 aliphatic rings. The summed E-state index contributed by atoms with van der Waals surface area (Å²) in [5, 5.41) is 0. The topological polar surface area (TPSA) is 55.6 Å². The van der Waals surface area contributed by atoms with E-state index in [-0.39, 0.29) is 12.8 Å². The van der Waals surface area contributed by atoms with Crippen LogP contribution in [-0.4, -0.2) is 30.3 Å². The molecule has 0 aliphatic carbocycles. The molecule has 1 rings (SSSR count). The maximum absolute atomic E-state index is 11.1. The molecule has 4 heteroatoms. The molecule has 1 amide bonds. The first-order valence-corrected chi connectivity index (χ1v) is 3.89. The molecule has 0 saturated carbocycles. The van der Waals surface area contributed by atoms with Crippen LogP contribution in [0.25, 0.3) is 0 Å². The molecular formula is C7H14N2O2. The van der Waals surface area contributed by atoms with Gasteiger partial charge in [-0.1, -0.05) is 0 Å².